The number of pyridine rings is 1. The molecule has 0 unspecified atom stereocenters. The van der Waals surface area contributed by atoms with E-state index in [9.17, 15) is 0 Å². The van der Waals surface area contributed by atoms with Crippen molar-refractivity contribution in [2.45, 2.75) is 76.9 Å². The van der Waals surface area contributed by atoms with Crippen LogP contribution in [0.25, 0.3) is 11.1 Å². The van der Waals surface area contributed by atoms with Gasteiger partial charge in [0.25, 0.3) is 0 Å². The van der Waals surface area contributed by atoms with Crippen molar-refractivity contribution in [1.29, 1.82) is 0 Å². The maximum absolute atomic E-state index is 6.65. The number of anilines is 3. The fourth-order valence-corrected chi connectivity index (χ4v) is 7.19. The van der Waals surface area contributed by atoms with Gasteiger partial charge in [0.2, 0.25) is 0 Å². The number of nitrogens with zero attached hydrogens (tertiary/aromatic N) is 3. The van der Waals surface area contributed by atoms with Crippen LogP contribution in [-0.4, -0.2) is 23.0 Å². The van der Waals surface area contributed by atoms with Crippen molar-refractivity contribution < 1.29 is 30.5 Å². The molecule has 5 aromatic rings. The molecule has 1 aromatic heterocycles. The van der Waals surface area contributed by atoms with E-state index in [1.165, 1.54) is 11.1 Å². The van der Waals surface area contributed by atoms with Gasteiger partial charge in [-0.05, 0) is 65.0 Å². The maximum Gasteiger partial charge on any atom is 2.00 e. The zero-order valence-electron chi connectivity index (χ0n) is 28.0. The van der Waals surface area contributed by atoms with E-state index in [1.807, 2.05) is 36.5 Å². The van der Waals surface area contributed by atoms with Gasteiger partial charge in [0.1, 0.15) is 17.8 Å². The van der Waals surface area contributed by atoms with Crippen LogP contribution in [0.2, 0.25) is 0 Å². The molecule has 0 radical (unpaired) electrons. The summed E-state index contributed by atoms with van der Waals surface area (Å²) in [6.45, 7) is 11.2. The summed E-state index contributed by atoms with van der Waals surface area (Å²) in [6.07, 6.45) is 5.36. The average Bonchev–Trinajstić information content (AvgIpc) is 3.68. The summed E-state index contributed by atoms with van der Waals surface area (Å²) in [7, 11) is 0. The Hall–Kier alpha value is -4.21. The van der Waals surface area contributed by atoms with Gasteiger partial charge < -0.3 is 14.4 Å². The van der Waals surface area contributed by atoms with E-state index in [0.29, 0.717) is 17.4 Å². The Morgan fingerprint density at radius 2 is 1.62 bits per heavy atom. The Morgan fingerprint density at radius 1 is 0.833 bits per heavy atom. The first-order chi connectivity index (χ1) is 22.6. The summed E-state index contributed by atoms with van der Waals surface area (Å²) in [4.78, 5) is 12.1. The SMILES string of the molecule is CC(C)(C)c1ccnc(N2c3[c-]c(Oc4[c-]c(C5=N[C@@H]6CCC[C@@H]6O5)cc(-c5ccccc5)c4)ccc3C(C)(C)c3ccccc32)c1.[Pt+2]. The molecule has 3 heterocycles. The van der Waals surface area contributed by atoms with E-state index in [2.05, 4.69) is 112 Å². The number of hydrogen-bond donors (Lipinski definition) is 0. The Labute approximate surface area is 298 Å². The van der Waals surface area contributed by atoms with Gasteiger partial charge in [-0.3, -0.25) is 4.99 Å². The molecule has 1 saturated carbocycles. The Kier molecular flexibility index (Phi) is 8.32. The Morgan fingerprint density at radius 3 is 2.42 bits per heavy atom. The Balaban J connectivity index is 0.00000364. The molecule has 48 heavy (non-hydrogen) atoms. The second-order valence-corrected chi connectivity index (χ2v) is 14.4. The normalized spacial score (nSPS) is 18.9. The van der Waals surface area contributed by atoms with Crippen molar-refractivity contribution in [3.05, 3.63) is 132 Å². The van der Waals surface area contributed by atoms with Crippen LogP contribution in [0, 0.1) is 12.1 Å². The largest absolute Gasteiger partial charge is 2.00 e. The van der Waals surface area contributed by atoms with E-state index in [-0.39, 0.29) is 44.0 Å². The molecule has 2 atom stereocenters. The number of benzene rings is 4. The van der Waals surface area contributed by atoms with E-state index in [4.69, 9.17) is 19.5 Å². The number of rotatable bonds is 5. The minimum absolute atomic E-state index is 0. The minimum Gasteiger partial charge on any atom is -0.515 e. The smallest absolute Gasteiger partial charge is 0.515 e. The number of aromatic nitrogens is 1. The van der Waals surface area contributed by atoms with Gasteiger partial charge in [0.15, 0.2) is 0 Å². The molecule has 0 spiro atoms. The summed E-state index contributed by atoms with van der Waals surface area (Å²) in [5.41, 5.74) is 8.32. The average molecular weight is 813 g/mol. The van der Waals surface area contributed by atoms with Gasteiger partial charge in [0, 0.05) is 23.4 Å². The molecule has 3 aliphatic rings. The molecule has 2 aliphatic heterocycles. The molecular formula is C42H39N3O2Pt. The fourth-order valence-electron chi connectivity index (χ4n) is 7.19. The second kappa shape index (κ2) is 12.3. The third-order valence-corrected chi connectivity index (χ3v) is 9.82. The van der Waals surface area contributed by atoms with Crippen molar-refractivity contribution in [2.75, 3.05) is 4.90 Å². The van der Waals surface area contributed by atoms with Crippen LogP contribution in [0.4, 0.5) is 17.2 Å². The molecule has 1 fully saturated rings. The number of hydrogen-bond acceptors (Lipinski definition) is 5. The standard InChI is InChI=1S/C42H39N3O2.Pt/c1-41(2,3)30-20-21-43-39(25-30)45-36-16-10-9-14-33(36)42(4,5)34-19-18-31(26-37(34)45)46-32-23-28(27-12-7-6-8-13-27)22-29(24-32)40-44-35-15-11-17-38(35)47-40;/h6-10,12-14,16,18-23,25,35,38H,11,15,17H2,1-5H3;/q-2;+2/t35-,38+;/m1./s1. The minimum atomic E-state index is -0.248. The number of para-hydroxylation sites is 1. The topological polar surface area (TPSA) is 47.0 Å². The van der Waals surface area contributed by atoms with Gasteiger partial charge in [0.05, 0.1) is 6.04 Å². The van der Waals surface area contributed by atoms with Gasteiger partial charge >= 0.3 is 21.1 Å². The second-order valence-electron chi connectivity index (χ2n) is 14.4. The molecule has 0 saturated heterocycles. The van der Waals surface area contributed by atoms with Crippen LogP contribution in [0.15, 0.2) is 102 Å². The molecule has 8 rings (SSSR count). The van der Waals surface area contributed by atoms with Crippen LogP contribution < -0.4 is 9.64 Å². The fraction of sp³-hybridized carbons (Fsp3) is 0.286. The number of fused-ring (bicyclic) bond motifs is 3. The van der Waals surface area contributed by atoms with Crippen molar-refractivity contribution in [3.8, 4) is 22.6 Å². The molecule has 0 bridgehead atoms. The molecule has 1 aliphatic carbocycles. The van der Waals surface area contributed by atoms with Crippen molar-refractivity contribution in [3.63, 3.8) is 0 Å². The first-order valence-corrected chi connectivity index (χ1v) is 16.6. The molecule has 0 N–H and O–H groups in total. The van der Waals surface area contributed by atoms with Crippen LogP contribution in [0.5, 0.6) is 11.5 Å². The summed E-state index contributed by atoms with van der Waals surface area (Å²) >= 11 is 0. The van der Waals surface area contributed by atoms with Crippen molar-refractivity contribution >= 4 is 23.1 Å². The van der Waals surface area contributed by atoms with Crippen molar-refractivity contribution in [1.82, 2.24) is 4.98 Å². The molecule has 5 nitrogen and oxygen atoms in total. The Bertz CT molecular complexity index is 2010. The quantitative estimate of drug-likeness (QED) is 0.166. The van der Waals surface area contributed by atoms with Gasteiger partial charge in [-0.1, -0.05) is 112 Å². The van der Waals surface area contributed by atoms with Crippen LogP contribution in [0.1, 0.15) is 76.1 Å². The molecule has 0 amide bonds. The summed E-state index contributed by atoms with van der Waals surface area (Å²) in [6, 6.07) is 39.0. The molecule has 4 aromatic carbocycles. The predicted molar refractivity (Wildman–Crippen MR) is 188 cm³/mol. The van der Waals surface area contributed by atoms with E-state index < -0.39 is 0 Å². The van der Waals surface area contributed by atoms with E-state index in [1.54, 1.807) is 0 Å². The van der Waals surface area contributed by atoms with Gasteiger partial charge in [-0.2, -0.15) is 6.07 Å². The molecule has 6 heteroatoms. The summed E-state index contributed by atoms with van der Waals surface area (Å²) in [5.74, 6) is 2.72. The van der Waals surface area contributed by atoms with Crippen molar-refractivity contribution in [2.24, 2.45) is 4.99 Å². The molecular weight excluding hydrogens is 774 g/mol. The molecule has 244 valence electrons. The maximum atomic E-state index is 6.65. The summed E-state index contributed by atoms with van der Waals surface area (Å²) in [5, 5.41) is 0. The van der Waals surface area contributed by atoms with Crippen LogP contribution in [-0.2, 0) is 36.6 Å². The zero-order valence-corrected chi connectivity index (χ0v) is 30.3. The number of ether oxygens (including phenoxy) is 2. The van der Waals surface area contributed by atoms with Gasteiger partial charge in [-0.15, -0.1) is 23.8 Å². The first-order valence-electron chi connectivity index (χ1n) is 16.6. The van der Waals surface area contributed by atoms with Gasteiger partial charge in [-0.25, -0.2) is 4.98 Å². The van der Waals surface area contributed by atoms with E-state index in [0.717, 1.165) is 58.7 Å². The monoisotopic (exact) mass is 812 g/mol. The third kappa shape index (κ3) is 5.77. The zero-order chi connectivity index (χ0) is 32.3. The number of aliphatic imine (C=N–C) groups is 1. The van der Waals surface area contributed by atoms with Crippen LogP contribution >= 0.6 is 0 Å². The third-order valence-electron chi connectivity index (χ3n) is 9.82. The first kappa shape index (κ1) is 32.3. The summed E-state index contributed by atoms with van der Waals surface area (Å²) < 4.78 is 13.0. The van der Waals surface area contributed by atoms with E-state index >= 15 is 0 Å². The van der Waals surface area contributed by atoms with Crippen LogP contribution in [0.3, 0.4) is 0 Å². The predicted octanol–water partition coefficient (Wildman–Crippen LogP) is 10.2.